The lowest BCUT2D eigenvalue weighted by molar-refractivity contribution is -0.150. The molecular weight excluding hydrogens is 574 g/mol. The van der Waals surface area contributed by atoms with Gasteiger partial charge in [-0.2, -0.15) is 0 Å². The Kier molecular flexibility index (Phi) is 8.42. The van der Waals surface area contributed by atoms with Crippen LogP contribution in [0.15, 0.2) is 26.8 Å². The maximum Gasteiger partial charge on any atom is 0.352 e. The topological polar surface area (TPSA) is 250 Å². The van der Waals surface area contributed by atoms with E-state index in [0.717, 1.165) is 16.2 Å². The van der Waals surface area contributed by atoms with Crippen molar-refractivity contribution in [3.05, 3.63) is 22.3 Å². The monoisotopic (exact) mass is 597 g/mol. The molecule has 8 N–H and O–H groups in total. The van der Waals surface area contributed by atoms with Crippen molar-refractivity contribution in [1.29, 1.82) is 5.41 Å². The second kappa shape index (κ2) is 11.6. The average Bonchev–Trinajstić information content (AvgIpc) is 3.31. The minimum Gasteiger partial charge on any atom is -0.479 e. The van der Waals surface area contributed by atoms with Gasteiger partial charge in [-0.05, 0) is 5.57 Å². The van der Waals surface area contributed by atoms with Crippen molar-refractivity contribution in [2.24, 2.45) is 15.9 Å². The van der Waals surface area contributed by atoms with Crippen LogP contribution in [-0.4, -0.2) is 108 Å². The molecular formula is C20H23N9O7S3. The Morgan fingerprint density at radius 3 is 2.74 bits per heavy atom. The normalized spacial score (nSPS) is 23.2. The molecule has 1 unspecified atom stereocenters. The largest absolute Gasteiger partial charge is 0.479 e. The number of thiazole rings is 1. The van der Waals surface area contributed by atoms with Gasteiger partial charge < -0.3 is 36.7 Å². The summed E-state index contributed by atoms with van der Waals surface area (Å²) in [6, 6.07) is -1.07. The molecule has 3 atom stereocenters. The van der Waals surface area contributed by atoms with Gasteiger partial charge in [0.05, 0.1) is 11.2 Å². The molecule has 1 fully saturated rings. The summed E-state index contributed by atoms with van der Waals surface area (Å²) in [5.74, 6) is -3.59. The van der Waals surface area contributed by atoms with Crippen molar-refractivity contribution in [2.75, 3.05) is 30.9 Å². The highest BCUT2D eigenvalue weighted by Gasteiger charge is 2.54. The number of thioether (sulfide) groups is 2. The number of hydrogen-bond acceptors (Lipinski definition) is 13. The number of nitrogens with two attached hydrogens (primary N) is 2. The Bertz CT molecular complexity index is 1330. The van der Waals surface area contributed by atoms with Gasteiger partial charge >= 0.3 is 11.9 Å². The van der Waals surface area contributed by atoms with Gasteiger partial charge in [-0.25, -0.2) is 19.6 Å². The SMILES string of the molecule is CN1C(=N)N=C(SCC2=C(C(=O)O)N3C(=O)[C@@H](NC(=O)C(=NOCC(=O)O)c4csc(N)n4)[C@H]3SC2)CC1N. The third-order valence-corrected chi connectivity index (χ3v) is 8.82. The number of oxime groups is 1. The molecule has 19 heteroatoms. The molecule has 16 nitrogen and oxygen atoms in total. The fraction of sp³-hybridized carbons (Fsp3) is 0.400. The number of aromatic nitrogens is 1. The van der Waals surface area contributed by atoms with Crippen LogP contribution in [0.3, 0.4) is 0 Å². The molecule has 0 spiro atoms. The number of carbonyl (C=O) groups excluding carboxylic acids is 2. The Morgan fingerprint density at radius 2 is 2.13 bits per heavy atom. The van der Waals surface area contributed by atoms with Gasteiger partial charge in [0.1, 0.15) is 22.8 Å². The first-order valence-corrected chi connectivity index (χ1v) is 14.0. The highest BCUT2D eigenvalue weighted by atomic mass is 32.2. The summed E-state index contributed by atoms with van der Waals surface area (Å²) in [6.45, 7) is -0.811. The number of fused-ring (bicyclic) bond motifs is 1. The number of β-lactam (4-membered cyclic amide) rings is 1. The summed E-state index contributed by atoms with van der Waals surface area (Å²) in [6.07, 6.45) is -0.0169. The lowest BCUT2D eigenvalue weighted by Gasteiger charge is -2.49. The van der Waals surface area contributed by atoms with Crippen LogP contribution >= 0.6 is 34.9 Å². The van der Waals surface area contributed by atoms with Crippen LogP contribution in [0.4, 0.5) is 5.13 Å². The number of aliphatic imine (C=N–C) groups is 1. The van der Waals surface area contributed by atoms with Crippen molar-refractivity contribution in [2.45, 2.75) is 24.0 Å². The van der Waals surface area contributed by atoms with E-state index >= 15 is 0 Å². The van der Waals surface area contributed by atoms with E-state index in [9.17, 15) is 24.3 Å². The van der Waals surface area contributed by atoms with Gasteiger partial charge in [-0.3, -0.25) is 19.9 Å². The number of hydrogen-bond donors (Lipinski definition) is 6. The minimum absolute atomic E-state index is 0.00915. The van der Waals surface area contributed by atoms with E-state index in [1.165, 1.54) is 33.8 Å². The number of carbonyl (C=O) groups is 4. The van der Waals surface area contributed by atoms with Crippen LogP contribution in [0, 0.1) is 5.41 Å². The quantitative estimate of drug-likeness (QED) is 0.113. The zero-order valence-corrected chi connectivity index (χ0v) is 22.6. The Hall–Kier alpha value is -3.68. The zero-order valence-electron chi connectivity index (χ0n) is 20.2. The zero-order chi connectivity index (χ0) is 28.4. The number of amides is 2. The van der Waals surface area contributed by atoms with Crippen molar-refractivity contribution >= 4 is 80.5 Å². The minimum atomic E-state index is -1.31. The van der Waals surface area contributed by atoms with E-state index < -0.39 is 47.9 Å². The predicted molar refractivity (Wildman–Crippen MR) is 144 cm³/mol. The van der Waals surface area contributed by atoms with Gasteiger partial charge in [0.2, 0.25) is 12.6 Å². The molecule has 1 aromatic heterocycles. The summed E-state index contributed by atoms with van der Waals surface area (Å²) in [4.78, 5) is 64.4. The molecule has 0 bridgehead atoms. The Balaban J connectivity index is 1.47. The summed E-state index contributed by atoms with van der Waals surface area (Å²) in [5.41, 5.74) is 11.6. The fourth-order valence-electron chi connectivity index (χ4n) is 3.73. The molecule has 0 saturated carbocycles. The van der Waals surface area contributed by atoms with Crippen LogP contribution in [0.2, 0.25) is 0 Å². The lowest BCUT2D eigenvalue weighted by atomic mass is 10.0. The molecule has 4 rings (SSSR count). The van der Waals surface area contributed by atoms with Crippen molar-refractivity contribution in [3.63, 3.8) is 0 Å². The number of aliphatic carboxylic acids is 2. The molecule has 1 saturated heterocycles. The molecule has 3 aliphatic heterocycles. The lowest BCUT2D eigenvalue weighted by Crippen LogP contribution is -2.71. The van der Waals surface area contributed by atoms with Crippen LogP contribution in [0.5, 0.6) is 0 Å². The maximum atomic E-state index is 13.0. The molecule has 39 heavy (non-hydrogen) atoms. The smallest absolute Gasteiger partial charge is 0.352 e. The molecule has 4 heterocycles. The number of nitrogens with one attached hydrogen (secondary N) is 2. The van der Waals surface area contributed by atoms with Crippen molar-refractivity contribution < 1.29 is 34.2 Å². The van der Waals surface area contributed by atoms with Crippen LogP contribution < -0.4 is 16.8 Å². The van der Waals surface area contributed by atoms with Crippen LogP contribution in [-0.2, 0) is 24.0 Å². The molecule has 1 aromatic rings. The summed E-state index contributed by atoms with van der Waals surface area (Å²) in [7, 11) is 1.66. The fourth-order valence-corrected chi connectivity index (χ4v) is 6.78. The summed E-state index contributed by atoms with van der Waals surface area (Å²) in [5, 5.41) is 34.1. The van der Waals surface area contributed by atoms with Crippen molar-refractivity contribution in [3.8, 4) is 0 Å². The first-order valence-electron chi connectivity index (χ1n) is 11.1. The van der Waals surface area contributed by atoms with Gasteiger partial charge in [0.25, 0.3) is 11.8 Å². The second-order valence-corrected chi connectivity index (χ2v) is 11.3. The molecule has 0 aliphatic carbocycles. The highest BCUT2D eigenvalue weighted by Crippen LogP contribution is 2.41. The summed E-state index contributed by atoms with van der Waals surface area (Å²) < 4.78 is 0. The Labute approximate surface area is 233 Å². The molecule has 208 valence electrons. The summed E-state index contributed by atoms with van der Waals surface area (Å²) >= 11 is 3.55. The first kappa shape index (κ1) is 28.3. The Morgan fingerprint density at radius 1 is 1.38 bits per heavy atom. The van der Waals surface area contributed by atoms with E-state index in [0.29, 0.717) is 17.0 Å². The van der Waals surface area contributed by atoms with Gasteiger partial charge in [-0.15, -0.1) is 34.9 Å². The highest BCUT2D eigenvalue weighted by molar-refractivity contribution is 8.14. The number of nitrogen functional groups attached to an aromatic ring is 1. The maximum absolute atomic E-state index is 13.0. The third kappa shape index (κ3) is 6.00. The van der Waals surface area contributed by atoms with E-state index in [1.807, 2.05) is 0 Å². The number of guanidine groups is 1. The molecule has 3 aliphatic rings. The molecule has 0 radical (unpaired) electrons. The number of anilines is 1. The number of carboxylic acids is 2. The van der Waals surface area contributed by atoms with Gasteiger partial charge in [0, 0.05) is 30.4 Å². The number of carboxylic acid groups (broad SMARTS) is 2. The molecule has 0 aromatic carbocycles. The molecule has 2 amide bonds. The first-order chi connectivity index (χ1) is 18.5. The average molecular weight is 598 g/mol. The van der Waals surface area contributed by atoms with Crippen LogP contribution in [0.25, 0.3) is 0 Å². The van der Waals surface area contributed by atoms with E-state index in [-0.39, 0.29) is 39.7 Å². The van der Waals surface area contributed by atoms with E-state index in [2.05, 4.69) is 20.4 Å². The third-order valence-electron chi connectivity index (χ3n) is 5.72. The van der Waals surface area contributed by atoms with Gasteiger partial charge in [-0.1, -0.05) is 5.16 Å². The van der Waals surface area contributed by atoms with E-state index in [4.69, 9.17) is 26.8 Å². The predicted octanol–water partition coefficient (Wildman–Crippen LogP) is -1.04. The van der Waals surface area contributed by atoms with Crippen molar-refractivity contribution in [1.82, 2.24) is 20.1 Å². The number of nitrogens with zero attached hydrogens (tertiary/aromatic N) is 5. The van der Waals surface area contributed by atoms with Crippen LogP contribution in [0.1, 0.15) is 12.1 Å². The standard InChI is InChI=1S/C20H23N9O7S3/c1-28-9(21)2-10(25-19(28)22)37-4-7-5-38-17-13(16(33)29(17)14(7)18(34)35)26-15(32)12(27-36-3-11(30)31)8-6-39-20(23)24-8/h6,9,13,17,22H,2-5,21H2,1H3,(H2,23,24)(H,26,32)(H,30,31)(H,34,35)/t9?,13-,17-/m1/s1. The van der Waals surface area contributed by atoms with Gasteiger partial charge in [0.15, 0.2) is 10.8 Å². The number of rotatable bonds is 9. The van der Waals surface area contributed by atoms with E-state index in [1.54, 1.807) is 7.05 Å². The second-order valence-electron chi connectivity index (χ2n) is 8.30.